The van der Waals surface area contributed by atoms with Crippen molar-refractivity contribution in [3.05, 3.63) is 35.9 Å². The van der Waals surface area contributed by atoms with E-state index in [0.29, 0.717) is 12.8 Å². The molecule has 0 aromatic heterocycles. The largest absolute Gasteiger partial charge is 0.357 e. The second-order valence-corrected chi connectivity index (χ2v) is 3.36. The van der Waals surface area contributed by atoms with Gasteiger partial charge in [-0.25, -0.2) is 0 Å². The molecule has 0 spiro atoms. The number of nitrogens with one attached hydrogen (secondary N) is 1. The van der Waals surface area contributed by atoms with Crippen LogP contribution in [-0.4, -0.2) is 12.8 Å². The van der Waals surface area contributed by atoms with E-state index >= 15 is 0 Å². The van der Waals surface area contributed by atoms with Crippen LogP contribution in [0.15, 0.2) is 30.3 Å². The lowest BCUT2D eigenvalue weighted by Gasteiger charge is -2.16. The Morgan fingerprint density at radius 3 is 2.85 bits per heavy atom. The van der Waals surface area contributed by atoms with Crippen molar-refractivity contribution in [1.82, 2.24) is 5.32 Å². The first-order chi connectivity index (χ1) is 6.42. The molecule has 1 aliphatic heterocycles. The van der Waals surface area contributed by atoms with E-state index in [4.69, 9.17) is 4.74 Å². The van der Waals surface area contributed by atoms with Gasteiger partial charge in [0.25, 0.3) is 0 Å². The lowest BCUT2D eigenvalue weighted by Crippen LogP contribution is -2.24. The van der Waals surface area contributed by atoms with E-state index in [1.54, 1.807) is 0 Å². The van der Waals surface area contributed by atoms with Gasteiger partial charge in [-0.05, 0) is 12.0 Å². The Morgan fingerprint density at radius 2 is 2.15 bits per heavy atom. The minimum Gasteiger partial charge on any atom is -0.357 e. The normalized spacial score (nSPS) is 27.8. The van der Waals surface area contributed by atoms with Gasteiger partial charge in [-0.2, -0.15) is 0 Å². The van der Waals surface area contributed by atoms with E-state index in [1.165, 1.54) is 5.56 Å². The summed E-state index contributed by atoms with van der Waals surface area (Å²) in [5.41, 5.74) is 1.28. The summed E-state index contributed by atoms with van der Waals surface area (Å²) in [5.74, 6) is 0. The molecule has 2 nitrogen and oxygen atoms in total. The van der Waals surface area contributed by atoms with Crippen molar-refractivity contribution >= 4 is 0 Å². The van der Waals surface area contributed by atoms with Crippen molar-refractivity contribution in [2.75, 3.05) is 6.73 Å². The molecular formula is C11H15NO. The Bertz CT molecular complexity index is 260. The monoisotopic (exact) mass is 177 g/mol. The zero-order valence-electron chi connectivity index (χ0n) is 7.86. The van der Waals surface area contributed by atoms with Crippen LogP contribution in [-0.2, 0) is 4.74 Å². The zero-order chi connectivity index (χ0) is 9.10. The average Bonchev–Trinajstić information content (AvgIpc) is 2.67. The highest BCUT2D eigenvalue weighted by molar-refractivity contribution is 5.19. The second-order valence-electron chi connectivity index (χ2n) is 3.36. The maximum absolute atomic E-state index is 5.63. The molecule has 2 heteroatoms. The summed E-state index contributed by atoms with van der Waals surface area (Å²) in [6.07, 6.45) is 1.35. The van der Waals surface area contributed by atoms with Crippen LogP contribution in [0.2, 0.25) is 0 Å². The number of ether oxygens (including phenoxy) is 1. The molecule has 2 atom stereocenters. The molecule has 1 fully saturated rings. The third kappa shape index (κ3) is 1.74. The maximum Gasteiger partial charge on any atom is 0.0996 e. The van der Waals surface area contributed by atoms with Gasteiger partial charge >= 0.3 is 0 Å². The summed E-state index contributed by atoms with van der Waals surface area (Å²) in [5, 5.41) is 3.33. The molecule has 1 heterocycles. The van der Waals surface area contributed by atoms with E-state index in [2.05, 4.69) is 36.5 Å². The van der Waals surface area contributed by atoms with Crippen LogP contribution >= 0.6 is 0 Å². The summed E-state index contributed by atoms with van der Waals surface area (Å²) in [6, 6.07) is 10.9. The highest BCUT2D eigenvalue weighted by Crippen LogP contribution is 2.26. The van der Waals surface area contributed by atoms with E-state index < -0.39 is 0 Å². The first kappa shape index (κ1) is 8.73. The minimum atomic E-state index is 0.242. The topological polar surface area (TPSA) is 21.3 Å². The third-order valence-electron chi connectivity index (χ3n) is 2.54. The Balaban J connectivity index is 2.16. The van der Waals surface area contributed by atoms with Crippen molar-refractivity contribution in [3.63, 3.8) is 0 Å². The summed E-state index contributed by atoms with van der Waals surface area (Å²) < 4.78 is 5.63. The highest BCUT2D eigenvalue weighted by Gasteiger charge is 2.26. The molecule has 0 saturated carbocycles. The van der Waals surface area contributed by atoms with Gasteiger partial charge in [-0.15, -0.1) is 0 Å². The molecule has 70 valence electrons. The quantitative estimate of drug-likeness (QED) is 0.746. The predicted molar refractivity (Wildman–Crippen MR) is 52.3 cm³/mol. The number of benzene rings is 1. The molecule has 0 aliphatic carbocycles. The standard InChI is InChI=1S/C11H15NO/c1-2-10-11(13-8-12-10)9-6-4-3-5-7-9/h3-7,10-12H,2,8H2,1H3/t10-,11+/m0/s1. The van der Waals surface area contributed by atoms with Crippen LogP contribution < -0.4 is 5.32 Å². The van der Waals surface area contributed by atoms with E-state index in [0.717, 1.165) is 6.42 Å². The van der Waals surface area contributed by atoms with Crippen LogP contribution in [0.25, 0.3) is 0 Å². The van der Waals surface area contributed by atoms with Gasteiger partial charge in [0.15, 0.2) is 0 Å². The molecule has 0 amide bonds. The van der Waals surface area contributed by atoms with Gasteiger partial charge < -0.3 is 4.74 Å². The Hall–Kier alpha value is -0.860. The van der Waals surface area contributed by atoms with Gasteiger partial charge in [0.1, 0.15) is 0 Å². The van der Waals surface area contributed by atoms with Crippen LogP contribution in [0.1, 0.15) is 25.0 Å². The van der Waals surface area contributed by atoms with Crippen LogP contribution in [0.5, 0.6) is 0 Å². The molecule has 0 bridgehead atoms. The summed E-state index contributed by atoms with van der Waals surface area (Å²) in [4.78, 5) is 0. The van der Waals surface area contributed by atoms with Gasteiger partial charge in [0.2, 0.25) is 0 Å². The Labute approximate surface area is 78.9 Å². The van der Waals surface area contributed by atoms with Gasteiger partial charge in [0, 0.05) is 6.04 Å². The smallest absolute Gasteiger partial charge is 0.0996 e. The van der Waals surface area contributed by atoms with E-state index in [-0.39, 0.29) is 6.10 Å². The predicted octanol–water partition coefficient (Wildman–Crippen LogP) is 2.08. The Morgan fingerprint density at radius 1 is 1.38 bits per heavy atom. The van der Waals surface area contributed by atoms with Crippen LogP contribution in [0.3, 0.4) is 0 Å². The molecule has 1 aliphatic rings. The van der Waals surface area contributed by atoms with E-state index in [1.807, 2.05) is 6.07 Å². The van der Waals surface area contributed by atoms with Crippen molar-refractivity contribution < 1.29 is 4.74 Å². The molecule has 0 radical (unpaired) electrons. The number of hydrogen-bond donors (Lipinski definition) is 1. The molecule has 13 heavy (non-hydrogen) atoms. The van der Waals surface area contributed by atoms with Crippen molar-refractivity contribution in [2.45, 2.75) is 25.5 Å². The first-order valence-corrected chi connectivity index (χ1v) is 4.81. The third-order valence-corrected chi connectivity index (χ3v) is 2.54. The summed E-state index contributed by atoms with van der Waals surface area (Å²) >= 11 is 0. The fourth-order valence-corrected chi connectivity index (χ4v) is 1.80. The minimum absolute atomic E-state index is 0.242. The molecular weight excluding hydrogens is 162 g/mol. The molecule has 2 rings (SSSR count). The average molecular weight is 177 g/mol. The van der Waals surface area contributed by atoms with Gasteiger partial charge in [0.05, 0.1) is 12.8 Å². The lowest BCUT2D eigenvalue weighted by molar-refractivity contribution is 0.102. The van der Waals surface area contributed by atoms with Crippen molar-refractivity contribution in [1.29, 1.82) is 0 Å². The molecule has 1 N–H and O–H groups in total. The second kappa shape index (κ2) is 3.90. The van der Waals surface area contributed by atoms with Gasteiger partial charge in [-0.1, -0.05) is 37.3 Å². The zero-order valence-corrected chi connectivity index (χ0v) is 7.86. The van der Waals surface area contributed by atoms with Gasteiger partial charge in [-0.3, -0.25) is 5.32 Å². The van der Waals surface area contributed by atoms with Crippen molar-refractivity contribution in [2.24, 2.45) is 0 Å². The number of rotatable bonds is 2. The SMILES string of the molecule is CC[C@@H]1NCO[C@@H]1c1ccccc1. The molecule has 1 aromatic rings. The molecule has 0 unspecified atom stereocenters. The van der Waals surface area contributed by atoms with Crippen molar-refractivity contribution in [3.8, 4) is 0 Å². The maximum atomic E-state index is 5.63. The lowest BCUT2D eigenvalue weighted by atomic mass is 10.0. The fraction of sp³-hybridized carbons (Fsp3) is 0.455. The first-order valence-electron chi connectivity index (χ1n) is 4.81. The molecule has 1 aromatic carbocycles. The Kier molecular flexibility index (Phi) is 2.62. The summed E-state index contributed by atoms with van der Waals surface area (Å²) in [7, 11) is 0. The fourth-order valence-electron chi connectivity index (χ4n) is 1.80. The number of hydrogen-bond acceptors (Lipinski definition) is 2. The van der Waals surface area contributed by atoms with Crippen LogP contribution in [0.4, 0.5) is 0 Å². The molecule has 1 saturated heterocycles. The van der Waals surface area contributed by atoms with E-state index in [9.17, 15) is 0 Å². The van der Waals surface area contributed by atoms with Crippen LogP contribution in [0, 0.1) is 0 Å². The highest BCUT2D eigenvalue weighted by atomic mass is 16.5. The summed E-state index contributed by atoms with van der Waals surface area (Å²) in [6.45, 7) is 2.86.